The van der Waals surface area contributed by atoms with Crippen LogP contribution in [0.1, 0.15) is 12.7 Å². The number of non-ortho nitro benzene ring substituents is 1. The lowest BCUT2D eigenvalue weighted by molar-refractivity contribution is -0.384. The highest BCUT2D eigenvalue weighted by atomic mass is 32.1. The Hall–Kier alpha value is -4.31. The van der Waals surface area contributed by atoms with Gasteiger partial charge in [-0.15, -0.1) is 0 Å². The maximum absolute atomic E-state index is 13.2. The van der Waals surface area contributed by atoms with Crippen LogP contribution in [0, 0.1) is 10.1 Å². The van der Waals surface area contributed by atoms with E-state index in [4.69, 9.17) is 21.4 Å². The molecule has 0 radical (unpaired) electrons. The minimum atomic E-state index is -0.643. The van der Waals surface area contributed by atoms with E-state index in [0.29, 0.717) is 29.4 Å². The fourth-order valence-electron chi connectivity index (χ4n) is 3.25. The van der Waals surface area contributed by atoms with Crippen LogP contribution in [-0.4, -0.2) is 28.5 Å². The van der Waals surface area contributed by atoms with Gasteiger partial charge in [0.25, 0.3) is 17.5 Å². The fourth-order valence-corrected chi connectivity index (χ4v) is 3.53. The number of anilines is 1. The number of hydrogen-bond acceptors (Lipinski definition) is 7. The second kappa shape index (κ2) is 9.05. The molecule has 1 aliphatic rings. The average Bonchev–Trinajstić information content (AvgIpc) is 3.26. The summed E-state index contributed by atoms with van der Waals surface area (Å²) in [6, 6.07) is 15.9. The Morgan fingerprint density at radius 2 is 1.91 bits per heavy atom. The molecule has 1 aromatic heterocycles. The molecule has 1 fully saturated rings. The summed E-state index contributed by atoms with van der Waals surface area (Å²) in [5, 5.41) is 13.3. The molecule has 1 N–H and O–H groups in total. The summed E-state index contributed by atoms with van der Waals surface area (Å²) in [4.78, 5) is 37.2. The molecule has 0 spiro atoms. The number of carbonyl (C=O) groups is 2. The normalized spacial score (nSPS) is 15.0. The van der Waals surface area contributed by atoms with Crippen LogP contribution < -0.4 is 15.0 Å². The first-order chi connectivity index (χ1) is 15.9. The van der Waals surface area contributed by atoms with E-state index in [1.165, 1.54) is 23.1 Å². The van der Waals surface area contributed by atoms with E-state index in [1.807, 2.05) is 6.92 Å². The maximum atomic E-state index is 13.2. The summed E-state index contributed by atoms with van der Waals surface area (Å²) in [5.74, 6) is 0.00267. The van der Waals surface area contributed by atoms with Gasteiger partial charge in [0.1, 0.15) is 22.8 Å². The van der Waals surface area contributed by atoms with Crippen molar-refractivity contribution < 1.29 is 23.7 Å². The Kier molecular flexibility index (Phi) is 6.01. The van der Waals surface area contributed by atoms with Crippen molar-refractivity contribution in [2.75, 3.05) is 11.5 Å². The van der Waals surface area contributed by atoms with Gasteiger partial charge in [-0.2, -0.15) is 0 Å². The monoisotopic (exact) mass is 463 g/mol. The number of hydrogen-bond donors (Lipinski definition) is 1. The van der Waals surface area contributed by atoms with Gasteiger partial charge in [-0.05, 0) is 61.6 Å². The number of amides is 2. The fraction of sp³-hybridized carbons (Fsp3) is 0.0870. The van der Waals surface area contributed by atoms with Crippen LogP contribution in [-0.2, 0) is 9.59 Å². The molecule has 2 aromatic carbocycles. The smallest absolute Gasteiger partial charge is 0.270 e. The molecular formula is C23H17N3O6S. The lowest BCUT2D eigenvalue weighted by Gasteiger charge is -2.29. The van der Waals surface area contributed by atoms with E-state index >= 15 is 0 Å². The van der Waals surface area contributed by atoms with Gasteiger partial charge in [0.05, 0.1) is 17.2 Å². The Bertz CT molecular complexity index is 1300. The largest absolute Gasteiger partial charge is 0.494 e. The van der Waals surface area contributed by atoms with Crippen molar-refractivity contribution in [3.8, 4) is 17.1 Å². The molecule has 3 aromatic rings. The zero-order valence-corrected chi connectivity index (χ0v) is 18.1. The van der Waals surface area contributed by atoms with Gasteiger partial charge >= 0.3 is 0 Å². The lowest BCUT2D eigenvalue weighted by atomic mass is 10.1. The molecule has 166 valence electrons. The minimum Gasteiger partial charge on any atom is -0.494 e. The number of thiocarbonyl (C=S) groups is 1. The first kappa shape index (κ1) is 21.9. The van der Waals surface area contributed by atoms with Crippen LogP contribution >= 0.6 is 12.2 Å². The molecule has 1 aliphatic heterocycles. The minimum absolute atomic E-state index is 0.0400. The molecule has 0 unspecified atom stereocenters. The Morgan fingerprint density at radius 1 is 1.15 bits per heavy atom. The average molecular weight is 463 g/mol. The van der Waals surface area contributed by atoms with E-state index in [9.17, 15) is 19.7 Å². The molecule has 2 amide bonds. The van der Waals surface area contributed by atoms with E-state index in [1.54, 1.807) is 48.5 Å². The molecular weight excluding hydrogens is 446 g/mol. The molecule has 2 heterocycles. The summed E-state index contributed by atoms with van der Waals surface area (Å²) in [7, 11) is 0. The predicted molar refractivity (Wildman–Crippen MR) is 125 cm³/mol. The molecule has 0 saturated carbocycles. The Labute approximate surface area is 193 Å². The summed E-state index contributed by atoms with van der Waals surface area (Å²) in [6.07, 6.45) is 1.33. The molecule has 0 bridgehead atoms. The first-order valence-electron chi connectivity index (χ1n) is 9.86. The van der Waals surface area contributed by atoms with Gasteiger partial charge in [0.2, 0.25) is 0 Å². The zero-order chi connectivity index (χ0) is 23.5. The van der Waals surface area contributed by atoms with Crippen LogP contribution in [0.3, 0.4) is 0 Å². The number of rotatable bonds is 6. The van der Waals surface area contributed by atoms with Gasteiger partial charge in [0, 0.05) is 23.8 Å². The first-order valence-corrected chi connectivity index (χ1v) is 10.3. The second-order valence-corrected chi connectivity index (χ2v) is 7.28. The van der Waals surface area contributed by atoms with Crippen LogP contribution in [0.5, 0.6) is 5.75 Å². The van der Waals surface area contributed by atoms with Crippen molar-refractivity contribution in [1.29, 1.82) is 0 Å². The highest BCUT2D eigenvalue weighted by Crippen LogP contribution is 2.28. The van der Waals surface area contributed by atoms with Gasteiger partial charge in [-0.25, -0.2) is 0 Å². The van der Waals surface area contributed by atoms with Crippen molar-refractivity contribution in [2.45, 2.75) is 6.92 Å². The SMILES string of the molecule is CCOc1cccc(N2C(=O)C(=Cc3ccc(-c4ccc([N+](=O)[O-])cc4)o3)C(=O)NC2=S)c1. The second-order valence-electron chi connectivity index (χ2n) is 6.89. The predicted octanol–water partition coefficient (Wildman–Crippen LogP) is 4.08. The third-order valence-corrected chi connectivity index (χ3v) is 5.05. The third-order valence-electron chi connectivity index (χ3n) is 4.76. The Morgan fingerprint density at radius 3 is 2.61 bits per heavy atom. The highest BCUT2D eigenvalue weighted by Gasteiger charge is 2.35. The van der Waals surface area contributed by atoms with Crippen molar-refractivity contribution in [3.05, 3.63) is 82.1 Å². The van der Waals surface area contributed by atoms with Gasteiger partial charge in [-0.1, -0.05) is 6.07 Å². The lowest BCUT2D eigenvalue weighted by Crippen LogP contribution is -2.54. The van der Waals surface area contributed by atoms with Gasteiger partial charge < -0.3 is 9.15 Å². The topological polar surface area (TPSA) is 115 Å². The van der Waals surface area contributed by atoms with Crippen LogP contribution in [0.25, 0.3) is 17.4 Å². The number of nitro benzene ring substituents is 1. The van der Waals surface area contributed by atoms with Crippen molar-refractivity contribution in [1.82, 2.24) is 5.32 Å². The van der Waals surface area contributed by atoms with Crippen LogP contribution in [0.2, 0.25) is 0 Å². The number of carbonyl (C=O) groups excluding carboxylic acids is 2. The van der Waals surface area contributed by atoms with E-state index in [2.05, 4.69) is 5.32 Å². The zero-order valence-electron chi connectivity index (χ0n) is 17.3. The van der Waals surface area contributed by atoms with Crippen molar-refractivity contribution in [3.63, 3.8) is 0 Å². The van der Waals surface area contributed by atoms with E-state index in [-0.39, 0.29) is 22.1 Å². The Balaban J connectivity index is 1.63. The maximum Gasteiger partial charge on any atom is 0.270 e. The summed E-state index contributed by atoms with van der Waals surface area (Å²) >= 11 is 5.22. The highest BCUT2D eigenvalue weighted by molar-refractivity contribution is 7.80. The van der Waals surface area contributed by atoms with Crippen molar-refractivity contribution >= 4 is 46.6 Å². The molecule has 10 heteroatoms. The van der Waals surface area contributed by atoms with E-state index < -0.39 is 16.7 Å². The van der Waals surface area contributed by atoms with Crippen LogP contribution in [0.4, 0.5) is 11.4 Å². The molecule has 0 atom stereocenters. The molecule has 33 heavy (non-hydrogen) atoms. The number of nitrogens with zero attached hydrogens (tertiary/aromatic N) is 2. The van der Waals surface area contributed by atoms with Gasteiger partial charge in [-0.3, -0.25) is 29.9 Å². The number of furan rings is 1. The number of nitro groups is 1. The van der Waals surface area contributed by atoms with E-state index in [0.717, 1.165) is 0 Å². The van der Waals surface area contributed by atoms with Crippen molar-refractivity contribution in [2.24, 2.45) is 0 Å². The summed E-state index contributed by atoms with van der Waals surface area (Å²) in [6.45, 7) is 2.30. The number of benzene rings is 2. The summed E-state index contributed by atoms with van der Waals surface area (Å²) < 4.78 is 11.2. The molecule has 0 aliphatic carbocycles. The van der Waals surface area contributed by atoms with Crippen LogP contribution in [0.15, 0.2) is 70.7 Å². The summed E-state index contributed by atoms with van der Waals surface area (Å²) in [5.41, 5.74) is 0.865. The van der Waals surface area contributed by atoms with Gasteiger partial charge in [0.15, 0.2) is 5.11 Å². The standard InChI is InChI=1S/C23H17N3O6S/c1-2-31-17-5-3-4-16(12-17)25-22(28)19(21(27)24-23(25)33)13-18-10-11-20(32-18)14-6-8-15(9-7-14)26(29)30/h3-13H,2H2,1H3,(H,24,27,33). The number of nitrogens with one attached hydrogen (secondary N) is 1. The quantitative estimate of drug-likeness (QED) is 0.193. The molecule has 1 saturated heterocycles. The number of ether oxygens (including phenoxy) is 1. The third kappa shape index (κ3) is 4.51. The molecule has 4 rings (SSSR count). The molecule has 9 nitrogen and oxygen atoms in total.